The van der Waals surface area contributed by atoms with E-state index < -0.39 is 4.92 Å². The van der Waals surface area contributed by atoms with Gasteiger partial charge in [0, 0.05) is 36.9 Å². The molecular weight excluding hydrogens is 272 g/mol. The lowest BCUT2D eigenvalue weighted by Crippen LogP contribution is -2.22. The molecule has 0 spiro atoms. The zero-order valence-electron chi connectivity index (χ0n) is 12.5. The molecule has 6 nitrogen and oxygen atoms in total. The van der Waals surface area contributed by atoms with Gasteiger partial charge in [-0.15, -0.1) is 0 Å². The summed E-state index contributed by atoms with van der Waals surface area (Å²) in [4.78, 5) is 10.5. The molecular formula is C15H22N2O4. The van der Waals surface area contributed by atoms with E-state index in [-0.39, 0.29) is 5.69 Å². The number of nitro benzene ring substituents is 1. The van der Waals surface area contributed by atoms with E-state index in [1.54, 1.807) is 12.1 Å². The van der Waals surface area contributed by atoms with Crippen LogP contribution in [0.5, 0.6) is 5.75 Å². The molecule has 1 aliphatic heterocycles. The molecule has 1 aliphatic rings. The number of anilines is 1. The number of rotatable bonds is 7. The first kappa shape index (κ1) is 15.6. The molecule has 0 aromatic heterocycles. The van der Waals surface area contributed by atoms with Gasteiger partial charge in [0.05, 0.1) is 17.6 Å². The van der Waals surface area contributed by atoms with Crippen molar-refractivity contribution in [1.82, 2.24) is 0 Å². The Bertz CT molecular complexity index is 493. The van der Waals surface area contributed by atoms with Crippen LogP contribution in [-0.4, -0.2) is 30.8 Å². The minimum absolute atomic E-state index is 0.00182. The minimum Gasteiger partial charge on any atom is -0.487 e. The van der Waals surface area contributed by atoms with Gasteiger partial charge in [0.25, 0.3) is 0 Å². The normalized spacial score (nSPS) is 21.2. The molecule has 0 amide bonds. The lowest BCUT2D eigenvalue weighted by atomic mass is 9.99. The molecule has 0 radical (unpaired) electrons. The third kappa shape index (κ3) is 3.85. The maximum absolute atomic E-state index is 10.9. The Hall–Kier alpha value is -1.82. The average molecular weight is 294 g/mol. The van der Waals surface area contributed by atoms with Gasteiger partial charge in [-0.3, -0.25) is 10.1 Å². The number of hydrogen-bond donors (Lipinski definition) is 1. The predicted octanol–water partition coefficient (Wildman–Crippen LogP) is 3.22. The number of ether oxygens (including phenoxy) is 2. The highest BCUT2D eigenvalue weighted by Crippen LogP contribution is 2.31. The Morgan fingerprint density at radius 3 is 2.95 bits per heavy atom. The summed E-state index contributed by atoms with van der Waals surface area (Å²) in [5.74, 6) is 0.794. The van der Waals surface area contributed by atoms with E-state index in [9.17, 15) is 10.1 Å². The summed E-state index contributed by atoms with van der Waals surface area (Å²) in [7, 11) is 0. The summed E-state index contributed by atoms with van der Waals surface area (Å²) in [6.45, 7) is 5.96. The van der Waals surface area contributed by atoms with Gasteiger partial charge in [-0.25, -0.2) is 0 Å². The highest BCUT2D eigenvalue weighted by atomic mass is 16.6. The van der Waals surface area contributed by atoms with Crippen molar-refractivity contribution in [2.75, 3.05) is 25.1 Å². The van der Waals surface area contributed by atoms with Gasteiger partial charge < -0.3 is 14.8 Å². The van der Waals surface area contributed by atoms with Crippen LogP contribution in [0.2, 0.25) is 0 Å². The standard InChI is InChI=1S/C15H22N2O4/c1-3-14-11(7-8-21-14)10-16-12-5-6-13(17(18)19)15(9-12)20-4-2/h5-6,9,11,14,16H,3-4,7-8,10H2,1-2H3. The molecule has 6 heteroatoms. The summed E-state index contributed by atoms with van der Waals surface area (Å²) < 4.78 is 11.0. The van der Waals surface area contributed by atoms with Crippen molar-refractivity contribution in [3.05, 3.63) is 28.3 Å². The molecule has 2 rings (SSSR count). The van der Waals surface area contributed by atoms with Crippen molar-refractivity contribution in [2.45, 2.75) is 32.8 Å². The molecule has 1 aromatic rings. The molecule has 116 valence electrons. The van der Waals surface area contributed by atoms with Crippen LogP contribution in [0.25, 0.3) is 0 Å². The fourth-order valence-corrected chi connectivity index (χ4v) is 2.67. The van der Waals surface area contributed by atoms with E-state index in [0.29, 0.717) is 24.4 Å². The van der Waals surface area contributed by atoms with Crippen molar-refractivity contribution in [3.63, 3.8) is 0 Å². The second-order valence-electron chi connectivity index (χ2n) is 5.12. The van der Waals surface area contributed by atoms with Crippen molar-refractivity contribution in [1.29, 1.82) is 0 Å². The maximum atomic E-state index is 10.9. The Kier molecular flexibility index (Phi) is 5.38. The van der Waals surface area contributed by atoms with Gasteiger partial charge in [-0.2, -0.15) is 0 Å². The van der Waals surface area contributed by atoms with Gasteiger partial charge in [-0.05, 0) is 25.8 Å². The maximum Gasteiger partial charge on any atom is 0.311 e. The summed E-state index contributed by atoms with van der Waals surface area (Å²) in [6, 6.07) is 4.89. The van der Waals surface area contributed by atoms with Crippen LogP contribution in [0.15, 0.2) is 18.2 Å². The van der Waals surface area contributed by atoms with Crippen molar-refractivity contribution < 1.29 is 14.4 Å². The summed E-state index contributed by atoms with van der Waals surface area (Å²) in [6.07, 6.45) is 2.37. The Morgan fingerprint density at radius 1 is 1.48 bits per heavy atom. The first-order valence-electron chi connectivity index (χ1n) is 7.42. The fourth-order valence-electron chi connectivity index (χ4n) is 2.67. The SMILES string of the molecule is CCOc1cc(NCC2CCOC2CC)ccc1[N+](=O)[O-]. The third-order valence-electron chi connectivity index (χ3n) is 3.77. The smallest absolute Gasteiger partial charge is 0.311 e. The summed E-state index contributed by atoms with van der Waals surface area (Å²) >= 11 is 0. The zero-order valence-corrected chi connectivity index (χ0v) is 12.5. The lowest BCUT2D eigenvalue weighted by Gasteiger charge is -2.18. The van der Waals surface area contributed by atoms with E-state index in [4.69, 9.17) is 9.47 Å². The van der Waals surface area contributed by atoms with Crippen LogP contribution in [0.1, 0.15) is 26.7 Å². The highest BCUT2D eigenvalue weighted by molar-refractivity contribution is 5.58. The number of nitro groups is 1. The van der Waals surface area contributed by atoms with Crippen molar-refractivity contribution in [3.8, 4) is 5.75 Å². The topological polar surface area (TPSA) is 73.6 Å². The molecule has 1 N–H and O–H groups in total. The Labute approximate surface area is 124 Å². The molecule has 0 saturated carbocycles. The van der Waals surface area contributed by atoms with Gasteiger partial charge in [0.2, 0.25) is 0 Å². The average Bonchev–Trinajstić information content (AvgIpc) is 2.93. The van der Waals surface area contributed by atoms with Crippen molar-refractivity contribution in [2.24, 2.45) is 5.92 Å². The van der Waals surface area contributed by atoms with Gasteiger partial charge in [0.1, 0.15) is 0 Å². The van der Waals surface area contributed by atoms with Crippen molar-refractivity contribution >= 4 is 11.4 Å². The van der Waals surface area contributed by atoms with Crippen LogP contribution < -0.4 is 10.1 Å². The van der Waals surface area contributed by atoms with Gasteiger partial charge in [0.15, 0.2) is 5.75 Å². The Balaban J connectivity index is 2.03. The van der Waals surface area contributed by atoms with E-state index in [0.717, 1.165) is 31.7 Å². The monoisotopic (exact) mass is 294 g/mol. The second-order valence-corrected chi connectivity index (χ2v) is 5.12. The number of hydrogen-bond acceptors (Lipinski definition) is 5. The minimum atomic E-state index is -0.424. The number of benzene rings is 1. The van der Waals surface area contributed by atoms with Crippen LogP contribution in [-0.2, 0) is 4.74 Å². The predicted molar refractivity (Wildman–Crippen MR) is 80.9 cm³/mol. The number of nitrogens with zero attached hydrogens (tertiary/aromatic N) is 1. The summed E-state index contributed by atoms with van der Waals surface area (Å²) in [5, 5.41) is 14.3. The largest absolute Gasteiger partial charge is 0.487 e. The van der Waals surface area contributed by atoms with E-state index >= 15 is 0 Å². The summed E-state index contributed by atoms with van der Waals surface area (Å²) in [5.41, 5.74) is 0.837. The third-order valence-corrected chi connectivity index (χ3v) is 3.77. The first-order valence-corrected chi connectivity index (χ1v) is 7.42. The number of nitrogens with one attached hydrogen (secondary N) is 1. The quantitative estimate of drug-likeness (QED) is 0.617. The molecule has 1 aromatic carbocycles. The second kappa shape index (κ2) is 7.26. The first-order chi connectivity index (χ1) is 10.2. The van der Waals surface area contributed by atoms with Crippen LogP contribution >= 0.6 is 0 Å². The molecule has 1 heterocycles. The highest BCUT2D eigenvalue weighted by Gasteiger charge is 2.26. The van der Waals surface area contributed by atoms with E-state index in [1.807, 2.05) is 6.92 Å². The lowest BCUT2D eigenvalue weighted by molar-refractivity contribution is -0.385. The molecule has 21 heavy (non-hydrogen) atoms. The molecule has 1 saturated heterocycles. The molecule has 2 atom stereocenters. The van der Waals surface area contributed by atoms with Gasteiger partial charge in [-0.1, -0.05) is 6.92 Å². The molecule has 0 bridgehead atoms. The zero-order chi connectivity index (χ0) is 15.2. The van der Waals surface area contributed by atoms with Crippen LogP contribution in [0.4, 0.5) is 11.4 Å². The van der Waals surface area contributed by atoms with Gasteiger partial charge >= 0.3 is 5.69 Å². The van der Waals surface area contributed by atoms with E-state index in [1.165, 1.54) is 6.07 Å². The molecule has 0 aliphatic carbocycles. The Morgan fingerprint density at radius 2 is 2.29 bits per heavy atom. The molecule has 1 fully saturated rings. The molecule has 2 unspecified atom stereocenters. The van der Waals surface area contributed by atoms with Crippen LogP contribution in [0, 0.1) is 16.0 Å². The van der Waals surface area contributed by atoms with Crippen LogP contribution in [0.3, 0.4) is 0 Å². The van der Waals surface area contributed by atoms with E-state index in [2.05, 4.69) is 12.2 Å². The fraction of sp³-hybridized carbons (Fsp3) is 0.600.